The summed E-state index contributed by atoms with van der Waals surface area (Å²) in [5.41, 5.74) is 1.05. The lowest BCUT2D eigenvalue weighted by Gasteiger charge is -2.44. The Morgan fingerprint density at radius 3 is 2.39 bits per heavy atom. The van der Waals surface area contributed by atoms with Gasteiger partial charge in [-0.25, -0.2) is 13.9 Å². The number of nitrogens with one attached hydrogen (secondary N) is 3. The number of carbonyl (C=O) groups excluding carboxylic acids is 2. The van der Waals surface area contributed by atoms with Gasteiger partial charge in [0.25, 0.3) is 11.8 Å². The molecule has 10 heteroatoms. The average Bonchev–Trinajstić information content (AvgIpc) is 2.62. The van der Waals surface area contributed by atoms with Crippen LogP contribution in [0.25, 0.3) is 0 Å². The molecule has 150 valence electrons. The first kappa shape index (κ1) is 20.3. The van der Waals surface area contributed by atoms with Gasteiger partial charge in [0.2, 0.25) is 0 Å². The summed E-state index contributed by atoms with van der Waals surface area (Å²) in [5.74, 6) is 4.08. The maximum absolute atomic E-state index is 12.6. The van der Waals surface area contributed by atoms with Gasteiger partial charge in [-0.15, -0.1) is 0 Å². The van der Waals surface area contributed by atoms with Crippen LogP contribution in [0, 0.1) is 17.8 Å². The molecule has 28 heavy (non-hydrogen) atoms. The second kappa shape index (κ2) is 7.89. The Hall–Kier alpha value is -2.45. The highest BCUT2D eigenvalue weighted by molar-refractivity contribution is 7.93. The molecule has 0 saturated carbocycles. The summed E-state index contributed by atoms with van der Waals surface area (Å²) in [6, 6.07) is 5.13. The van der Waals surface area contributed by atoms with Crippen molar-refractivity contribution in [3.05, 3.63) is 35.4 Å². The van der Waals surface area contributed by atoms with Crippen molar-refractivity contribution in [3.63, 3.8) is 0 Å². The van der Waals surface area contributed by atoms with Crippen LogP contribution in [-0.4, -0.2) is 68.8 Å². The quantitative estimate of drug-likeness (QED) is 0.270. The minimum absolute atomic E-state index is 0.264. The predicted molar refractivity (Wildman–Crippen MR) is 99.3 cm³/mol. The van der Waals surface area contributed by atoms with Gasteiger partial charge in [-0.05, 0) is 24.3 Å². The maximum Gasteiger partial charge on any atom is 0.268 e. The molecule has 0 aliphatic carbocycles. The van der Waals surface area contributed by atoms with E-state index in [0.717, 1.165) is 18.7 Å². The van der Waals surface area contributed by atoms with Gasteiger partial charge in [0.1, 0.15) is 11.6 Å². The molecule has 2 saturated heterocycles. The third kappa shape index (κ3) is 4.18. The van der Waals surface area contributed by atoms with Crippen molar-refractivity contribution >= 4 is 21.7 Å². The normalized spacial score (nSPS) is 20.5. The fourth-order valence-electron chi connectivity index (χ4n) is 3.10. The van der Waals surface area contributed by atoms with Crippen LogP contribution in [0.3, 0.4) is 0 Å². The number of hydrogen-bond donors (Lipinski definition) is 4. The molecule has 0 radical (unpaired) electrons. The Balaban J connectivity index is 1.72. The molecule has 0 bridgehead atoms. The highest BCUT2D eigenvalue weighted by atomic mass is 32.2. The molecule has 9 nitrogen and oxygen atoms in total. The Morgan fingerprint density at radius 1 is 1.29 bits per heavy atom. The Bertz CT molecular complexity index is 916. The average molecular weight is 407 g/mol. The number of ether oxygens (including phenoxy) is 1. The molecule has 2 heterocycles. The van der Waals surface area contributed by atoms with E-state index in [1.54, 1.807) is 24.3 Å². The van der Waals surface area contributed by atoms with Crippen molar-refractivity contribution < 1.29 is 28.0 Å². The van der Waals surface area contributed by atoms with Crippen LogP contribution in [0.5, 0.6) is 0 Å². The zero-order valence-corrected chi connectivity index (χ0v) is 16.0. The van der Waals surface area contributed by atoms with E-state index in [9.17, 15) is 18.0 Å². The maximum atomic E-state index is 12.6. The first-order chi connectivity index (χ1) is 13.3. The lowest BCUT2D eigenvalue weighted by Crippen LogP contribution is -2.71. The Labute approximate surface area is 162 Å². The number of sulfone groups is 1. The van der Waals surface area contributed by atoms with Gasteiger partial charge >= 0.3 is 0 Å². The lowest BCUT2D eigenvalue weighted by atomic mass is 9.95. The molecule has 1 unspecified atom stereocenters. The van der Waals surface area contributed by atoms with E-state index in [0.29, 0.717) is 5.92 Å². The Kier molecular flexibility index (Phi) is 5.71. The minimum Gasteiger partial charge on any atom is -0.373 e. The van der Waals surface area contributed by atoms with Crippen LogP contribution >= 0.6 is 0 Å². The first-order valence-electron chi connectivity index (χ1n) is 8.61. The van der Waals surface area contributed by atoms with Crippen LogP contribution in [-0.2, 0) is 19.4 Å². The summed E-state index contributed by atoms with van der Waals surface area (Å²) in [6.07, 6.45) is 0. The van der Waals surface area contributed by atoms with Gasteiger partial charge in [0, 0.05) is 37.2 Å². The summed E-state index contributed by atoms with van der Waals surface area (Å²) >= 11 is 0. The number of amides is 2. The van der Waals surface area contributed by atoms with Gasteiger partial charge in [-0.1, -0.05) is 11.8 Å². The molecule has 1 aromatic carbocycles. The summed E-state index contributed by atoms with van der Waals surface area (Å²) in [7, 11) is -2.11. The van der Waals surface area contributed by atoms with Crippen LogP contribution < -0.4 is 16.1 Å². The standard InChI is InChI=1S/C18H21N3O6S/c1-27-18(10-28(25,26)11-18)15(17(23)21-24)20-16(22)14-6-4-12(5-7-14)2-3-13-8-19-9-13/h4-7,13,15,19,24H,8-11H2,1H3,(H,20,22)(H,21,23). The zero-order chi connectivity index (χ0) is 20.4. The van der Waals surface area contributed by atoms with E-state index in [1.807, 2.05) is 0 Å². The monoisotopic (exact) mass is 407 g/mol. The SMILES string of the molecule is COC1(C(NC(=O)c2ccc(C#CC3CNC3)cc2)C(=O)NO)CS(=O)(=O)C1. The molecule has 0 spiro atoms. The number of carbonyl (C=O) groups is 2. The molecule has 2 fully saturated rings. The van der Waals surface area contributed by atoms with E-state index in [4.69, 9.17) is 9.94 Å². The van der Waals surface area contributed by atoms with Crippen LogP contribution in [0.4, 0.5) is 0 Å². The molecule has 2 aliphatic heterocycles. The number of methoxy groups -OCH3 is 1. The highest BCUT2D eigenvalue weighted by Gasteiger charge is 2.57. The molecule has 1 atom stereocenters. The molecular weight excluding hydrogens is 386 g/mol. The van der Waals surface area contributed by atoms with E-state index in [1.165, 1.54) is 12.6 Å². The second-order valence-electron chi connectivity index (χ2n) is 6.89. The van der Waals surface area contributed by atoms with Crippen LogP contribution in [0.2, 0.25) is 0 Å². The third-order valence-electron chi connectivity index (χ3n) is 4.86. The van der Waals surface area contributed by atoms with Crippen molar-refractivity contribution in [1.82, 2.24) is 16.1 Å². The van der Waals surface area contributed by atoms with Gasteiger partial charge in [0.15, 0.2) is 9.84 Å². The highest BCUT2D eigenvalue weighted by Crippen LogP contribution is 2.31. The first-order valence-corrected chi connectivity index (χ1v) is 10.4. The minimum atomic E-state index is -3.36. The lowest BCUT2D eigenvalue weighted by molar-refractivity contribution is -0.138. The van der Waals surface area contributed by atoms with Crippen molar-refractivity contribution in [2.45, 2.75) is 11.6 Å². The van der Waals surface area contributed by atoms with Gasteiger partial charge in [0.05, 0.1) is 11.5 Å². The molecule has 4 N–H and O–H groups in total. The van der Waals surface area contributed by atoms with Gasteiger partial charge < -0.3 is 15.4 Å². The van der Waals surface area contributed by atoms with Crippen molar-refractivity contribution in [2.75, 3.05) is 31.7 Å². The van der Waals surface area contributed by atoms with E-state index in [-0.39, 0.29) is 5.56 Å². The van der Waals surface area contributed by atoms with Crippen molar-refractivity contribution in [3.8, 4) is 11.8 Å². The van der Waals surface area contributed by atoms with Gasteiger partial charge in [-0.3, -0.25) is 14.8 Å². The number of hydroxylamine groups is 1. The van der Waals surface area contributed by atoms with Crippen molar-refractivity contribution in [1.29, 1.82) is 0 Å². The van der Waals surface area contributed by atoms with Gasteiger partial charge in [-0.2, -0.15) is 0 Å². The largest absolute Gasteiger partial charge is 0.373 e. The fourth-order valence-corrected chi connectivity index (χ4v) is 5.07. The fraction of sp³-hybridized carbons (Fsp3) is 0.444. The number of rotatable bonds is 5. The smallest absolute Gasteiger partial charge is 0.268 e. The molecule has 0 aromatic heterocycles. The third-order valence-corrected chi connectivity index (χ3v) is 6.72. The molecule has 1 aromatic rings. The van der Waals surface area contributed by atoms with Crippen LogP contribution in [0.1, 0.15) is 15.9 Å². The van der Waals surface area contributed by atoms with Crippen LogP contribution in [0.15, 0.2) is 24.3 Å². The number of benzene rings is 1. The van der Waals surface area contributed by atoms with E-state index < -0.39 is 44.8 Å². The van der Waals surface area contributed by atoms with Crippen molar-refractivity contribution in [2.24, 2.45) is 5.92 Å². The Morgan fingerprint density at radius 2 is 1.93 bits per heavy atom. The summed E-state index contributed by atoms with van der Waals surface area (Å²) in [6.45, 7) is 1.75. The van der Waals surface area contributed by atoms with E-state index in [2.05, 4.69) is 22.5 Å². The van der Waals surface area contributed by atoms with E-state index >= 15 is 0 Å². The molecule has 3 rings (SSSR count). The summed E-state index contributed by atoms with van der Waals surface area (Å²) in [5, 5.41) is 14.6. The summed E-state index contributed by atoms with van der Waals surface area (Å²) in [4.78, 5) is 24.6. The zero-order valence-electron chi connectivity index (χ0n) is 15.2. The second-order valence-corrected chi connectivity index (χ2v) is 8.95. The predicted octanol–water partition coefficient (Wildman–Crippen LogP) is -1.33. The molecular formula is C18H21N3O6S. The molecule has 2 amide bonds. The topological polar surface area (TPSA) is 134 Å². The molecule has 2 aliphatic rings. The summed E-state index contributed by atoms with van der Waals surface area (Å²) < 4.78 is 28.4. The number of hydrogen-bond acceptors (Lipinski definition) is 7.